The van der Waals surface area contributed by atoms with Crippen molar-refractivity contribution < 1.29 is 4.74 Å². The maximum atomic E-state index is 5.98. The van der Waals surface area contributed by atoms with Crippen LogP contribution in [-0.2, 0) is 6.61 Å². The summed E-state index contributed by atoms with van der Waals surface area (Å²) in [6.07, 6.45) is 3.35. The number of benzene rings is 1. The van der Waals surface area contributed by atoms with Gasteiger partial charge in [-0.3, -0.25) is 0 Å². The average molecular weight is 324 g/mol. The summed E-state index contributed by atoms with van der Waals surface area (Å²) in [6, 6.07) is 9.03. The van der Waals surface area contributed by atoms with Crippen LogP contribution in [0.15, 0.2) is 41.5 Å². The lowest BCUT2D eigenvalue weighted by atomic mass is 10.2. The summed E-state index contributed by atoms with van der Waals surface area (Å²) in [5.74, 6) is 1.15. The number of halogens is 2. The molecule has 0 saturated heterocycles. The van der Waals surface area contributed by atoms with Gasteiger partial charge in [0.15, 0.2) is 11.6 Å². The van der Waals surface area contributed by atoms with E-state index in [9.17, 15) is 0 Å². The third-order valence-corrected chi connectivity index (χ3v) is 3.28. The zero-order valence-electron chi connectivity index (χ0n) is 11.8. The van der Waals surface area contributed by atoms with Crippen LogP contribution in [-0.4, -0.2) is 30.3 Å². The zero-order valence-corrected chi connectivity index (χ0v) is 13.3. The number of hydrogen-bond donors (Lipinski definition) is 0. The minimum atomic E-state index is 0.368. The van der Waals surface area contributed by atoms with E-state index in [-0.39, 0.29) is 0 Å². The largest absolute Gasteiger partial charge is 0.485 e. The highest BCUT2D eigenvalue weighted by atomic mass is 35.5. The number of aliphatic imine (C=N–C) groups is 1. The highest BCUT2D eigenvalue weighted by molar-refractivity contribution is 6.42. The summed E-state index contributed by atoms with van der Waals surface area (Å²) in [6.45, 7) is 0.368. The number of pyridine rings is 1. The van der Waals surface area contributed by atoms with Crippen molar-refractivity contribution >= 4 is 35.4 Å². The minimum Gasteiger partial charge on any atom is -0.485 e. The Bertz CT molecular complexity index is 645. The molecule has 0 bridgehead atoms. The molecule has 110 valence electrons. The van der Waals surface area contributed by atoms with Crippen molar-refractivity contribution in [2.75, 3.05) is 14.1 Å². The summed E-state index contributed by atoms with van der Waals surface area (Å²) >= 11 is 11.9. The van der Waals surface area contributed by atoms with Crippen molar-refractivity contribution in [3.8, 4) is 5.75 Å². The van der Waals surface area contributed by atoms with Crippen molar-refractivity contribution in [1.82, 2.24) is 9.88 Å². The first-order valence-corrected chi connectivity index (χ1v) is 7.04. The average Bonchev–Trinajstić information content (AvgIpc) is 2.47. The molecule has 1 aromatic carbocycles. The molecule has 0 N–H and O–H groups in total. The molecule has 0 aliphatic carbocycles. The SMILES string of the molecule is CN(C)/C=N/c1ncccc1OCc1ccc(Cl)c(Cl)c1. The fourth-order valence-electron chi connectivity index (χ4n) is 1.55. The van der Waals surface area contributed by atoms with E-state index in [0.29, 0.717) is 28.2 Å². The van der Waals surface area contributed by atoms with E-state index in [1.807, 2.05) is 31.1 Å². The Labute approximate surface area is 134 Å². The smallest absolute Gasteiger partial charge is 0.196 e. The van der Waals surface area contributed by atoms with Gasteiger partial charge in [-0.05, 0) is 29.8 Å². The summed E-state index contributed by atoms with van der Waals surface area (Å²) in [5.41, 5.74) is 0.927. The van der Waals surface area contributed by atoms with E-state index < -0.39 is 0 Å². The fourth-order valence-corrected chi connectivity index (χ4v) is 1.87. The molecule has 0 aliphatic heterocycles. The first-order chi connectivity index (χ1) is 10.1. The van der Waals surface area contributed by atoms with Crippen LogP contribution in [0.3, 0.4) is 0 Å². The van der Waals surface area contributed by atoms with Crippen molar-refractivity contribution in [3.63, 3.8) is 0 Å². The molecule has 2 rings (SSSR count). The van der Waals surface area contributed by atoms with Gasteiger partial charge in [0, 0.05) is 20.3 Å². The Balaban J connectivity index is 2.11. The lowest BCUT2D eigenvalue weighted by Gasteiger charge is -2.09. The third-order valence-electron chi connectivity index (χ3n) is 2.54. The Hall–Kier alpha value is -1.78. The van der Waals surface area contributed by atoms with Gasteiger partial charge in [0.2, 0.25) is 0 Å². The Morgan fingerprint density at radius 2 is 2.05 bits per heavy atom. The van der Waals surface area contributed by atoms with Crippen LogP contribution in [0, 0.1) is 0 Å². The Morgan fingerprint density at radius 1 is 1.24 bits per heavy atom. The molecule has 0 spiro atoms. The fraction of sp³-hybridized carbons (Fsp3) is 0.200. The second kappa shape index (κ2) is 7.29. The van der Waals surface area contributed by atoms with Gasteiger partial charge in [-0.25, -0.2) is 9.98 Å². The molecule has 1 aromatic heterocycles. The van der Waals surface area contributed by atoms with Crippen molar-refractivity contribution in [2.24, 2.45) is 4.99 Å². The number of aromatic nitrogens is 1. The van der Waals surface area contributed by atoms with E-state index in [2.05, 4.69) is 9.98 Å². The van der Waals surface area contributed by atoms with Crippen LogP contribution < -0.4 is 4.74 Å². The molecule has 0 unspecified atom stereocenters. The molecule has 0 fully saturated rings. The maximum Gasteiger partial charge on any atom is 0.196 e. The van der Waals surface area contributed by atoms with Gasteiger partial charge in [-0.2, -0.15) is 0 Å². The maximum absolute atomic E-state index is 5.98. The number of hydrogen-bond acceptors (Lipinski definition) is 3. The van der Waals surface area contributed by atoms with Crippen molar-refractivity contribution in [1.29, 1.82) is 0 Å². The van der Waals surface area contributed by atoms with Crippen LogP contribution >= 0.6 is 23.2 Å². The minimum absolute atomic E-state index is 0.368. The predicted octanol–water partition coefficient (Wildman–Crippen LogP) is 4.19. The first-order valence-electron chi connectivity index (χ1n) is 6.28. The van der Waals surface area contributed by atoms with Crippen LogP contribution in [0.1, 0.15) is 5.56 Å². The van der Waals surface area contributed by atoms with Gasteiger partial charge in [-0.15, -0.1) is 0 Å². The topological polar surface area (TPSA) is 37.7 Å². The van der Waals surface area contributed by atoms with Gasteiger partial charge < -0.3 is 9.64 Å². The quantitative estimate of drug-likeness (QED) is 0.611. The molecule has 0 saturated carbocycles. The van der Waals surface area contributed by atoms with Crippen LogP contribution in [0.4, 0.5) is 5.82 Å². The molecule has 0 aliphatic rings. The zero-order chi connectivity index (χ0) is 15.2. The predicted molar refractivity (Wildman–Crippen MR) is 86.9 cm³/mol. The lowest BCUT2D eigenvalue weighted by molar-refractivity contribution is 0.306. The molecule has 6 heteroatoms. The normalized spacial score (nSPS) is 10.9. The molecule has 0 amide bonds. The highest BCUT2D eigenvalue weighted by Gasteiger charge is 2.05. The van der Waals surface area contributed by atoms with Crippen molar-refractivity contribution in [2.45, 2.75) is 6.61 Å². The van der Waals surface area contributed by atoms with E-state index >= 15 is 0 Å². The number of ether oxygens (including phenoxy) is 1. The number of rotatable bonds is 5. The lowest BCUT2D eigenvalue weighted by Crippen LogP contribution is -2.07. The molecule has 0 radical (unpaired) electrons. The van der Waals surface area contributed by atoms with Gasteiger partial charge in [-0.1, -0.05) is 29.3 Å². The Morgan fingerprint density at radius 3 is 2.76 bits per heavy atom. The molecular weight excluding hydrogens is 309 g/mol. The van der Waals surface area contributed by atoms with Crippen molar-refractivity contribution in [3.05, 3.63) is 52.1 Å². The van der Waals surface area contributed by atoms with E-state index in [1.165, 1.54) is 0 Å². The van der Waals surface area contributed by atoms with E-state index in [4.69, 9.17) is 27.9 Å². The summed E-state index contributed by atoms with van der Waals surface area (Å²) in [4.78, 5) is 10.3. The van der Waals surface area contributed by atoms with E-state index in [0.717, 1.165) is 5.56 Å². The molecule has 21 heavy (non-hydrogen) atoms. The first kappa shape index (κ1) is 15.6. The van der Waals surface area contributed by atoms with Crippen LogP contribution in [0.2, 0.25) is 10.0 Å². The summed E-state index contributed by atoms with van der Waals surface area (Å²) in [7, 11) is 3.78. The van der Waals surface area contributed by atoms with Crippen LogP contribution in [0.25, 0.3) is 0 Å². The highest BCUT2D eigenvalue weighted by Crippen LogP contribution is 2.26. The van der Waals surface area contributed by atoms with Gasteiger partial charge in [0.05, 0.1) is 16.4 Å². The second-order valence-corrected chi connectivity index (χ2v) is 5.38. The summed E-state index contributed by atoms with van der Waals surface area (Å²) < 4.78 is 5.75. The summed E-state index contributed by atoms with van der Waals surface area (Å²) in [5, 5.41) is 1.04. The standard InChI is InChI=1S/C15H15Cl2N3O/c1-20(2)10-19-15-14(4-3-7-18-15)21-9-11-5-6-12(16)13(17)8-11/h3-8,10H,9H2,1-2H3/b19-10+. The third kappa shape index (κ3) is 4.62. The molecule has 1 heterocycles. The second-order valence-electron chi connectivity index (χ2n) is 4.57. The molecule has 2 aromatic rings. The van der Waals surface area contributed by atoms with E-state index in [1.54, 1.807) is 30.7 Å². The number of nitrogens with zero attached hydrogens (tertiary/aromatic N) is 3. The molecular formula is C15H15Cl2N3O. The van der Waals surface area contributed by atoms with Gasteiger partial charge in [0.1, 0.15) is 6.61 Å². The Kier molecular flexibility index (Phi) is 5.42. The van der Waals surface area contributed by atoms with Gasteiger partial charge >= 0.3 is 0 Å². The molecule has 0 atom stereocenters. The van der Waals surface area contributed by atoms with Crippen LogP contribution in [0.5, 0.6) is 5.75 Å². The molecule has 4 nitrogen and oxygen atoms in total. The monoisotopic (exact) mass is 323 g/mol. The van der Waals surface area contributed by atoms with Gasteiger partial charge in [0.25, 0.3) is 0 Å².